The Morgan fingerprint density at radius 3 is 1.77 bits per heavy atom. The van der Waals surface area contributed by atoms with Crippen LogP contribution in [-0.4, -0.2) is 12.1 Å². The Hall–Kier alpha value is -0.790. The molecular weight excluding hydrogens is 164 g/mol. The Bertz CT molecular complexity index is 210. The van der Waals surface area contributed by atoms with Gasteiger partial charge in [0.1, 0.15) is 6.10 Å². The fourth-order valence-electron chi connectivity index (χ4n) is 1.19. The molecule has 0 bridgehead atoms. The summed E-state index contributed by atoms with van der Waals surface area (Å²) in [6, 6.07) is 0. The lowest BCUT2D eigenvalue weighted by molar-refractivity contribution is -0.146. The van der Waals surface area contributed by atoms with Crippen molar-refractivity contribution >= 4 is 5.97 Å². The van der Waals surface area contributed by atoms with E-state index in [-0.39, 0.29) is 12.1 Å². The first-order valence-electron chi connectivity index (χ1n) is 4.67. The third-order valence-electron chi connectivity index (χ3n) is 2.11. The van der Waals surface area contributed by atoms with Gasteiger partial charge in [0, 0.05) is 6.92 Å². The summed E-state index contributed by atoms with van der Waals surface area (Å²) in [7, 11) is 0. The molecule has 0 saturated carbocycles. The lowest BCUT2D eigenvalue weighted by atomic mass is 9.97. The van der Waals surface area contributed by atoms with E-state index in [9.17, 15) is 4.79 Å². The number of rotatable bonds is 3. The van der Waals surface area contributed by atoms with E-state index in [0.717, 1.165) is 5.57 Å². The number of esters is 1. The molecule has 1 atom stereocenters. The van der Waals surface area contributed by atoms with Crippen molar-refractivity contribution in [3.63, 3.8) is 0 Å². The van der Waals surface area contributed by atoms with Crippen molar-refractivity contribution in [3.8, 4) is 0 Å². The Morgan fingerprint density at radius 2 is 1.54 bits per heavy atom. The zero-order chi connectivity index (χ0) is 10.6. The SMILES string of the molecule is CC(=O)O[C@H](C(C)=C(C)C)C(C)C. The molecule has 13 heavy (non-hydrogen) atoms. The highest BCUT2D eigenvalue weighted by molar-refractivity contribution is 5.66. The molecule has 0 aliphatic carbocycles. The second-order valence-electron chi connectivity index (χ2n) is 3.96. The zero-order valence-corrected chi connectivity index (χ0v) is 9.47. The van der Waals surface area contributed by atoms with E-state index in [2.05, 4.69) is 13.8 Å². The summed E-state index contributed by atoms with van der Waals surface area (Å²) in [4.78, 5) is 10.8. The molecule has 0 radical (unpaired) electrons. The fourth-order valence-corrected chi connectivity index (χ4v) is 1.19. The smallest absolute Gasteiger partial charge is 0.303 e. The van der Waals surface area contributed by atoms with E-state index < -0.39 is 0 Å². The molecule has 2 heteroatoms. The van der Waals surface area contributed by atoms with E-state index >= 15 is 0 Å². The van der Waals surface area contributed by atoms with Gasteiger partial charge in [-0.15, -0.1) is 0 Å². The van der Waals surface area contributed by atoms with Crippen LogP contribution in [0.3, 0.4) is 0 Å². The first-order valence-corrected chi connectivity index (χ1v) is 4.67. The predicted octanol–water partition coefficient (Wildman–Crippen LogP) is 2.93. The van der Waals surface area contributed by atoms with Crippen LogP contribution in [0.15, 0.2) is 11.1 Å². The van der Waals surface area contributed by atoms with Gasteiger partial charge in [-0.2, -0.15) is 0 Å². The van der Waals surface area contributed by atoms with Crippen molar-refractivity contribution in [2.45, 2.75) is 47.6 Å². The molecule has 0 aliphatic heterocycles. The van der Waals surface area contributed by atoms with Gasteiger partial charge in [0.05, 0.1) is 0 Å². The largest absolute Gasteiger partial charge is 0.458 e. The molecule has 0 heterocycles. The van der Waals surface area contributed by atoms with Crippen LogP contribution in [0.25, 0.3) is 0 Å². The second kappa shape index (κ2) is 5.05. The van der Waals surface area contributed by atoms with Gasteiger partial charge in [0.25, 0.3) is 0 Å². The van der Waals surface area contributed by atoms with Gasteiger partial charge in [-0.25, -0.2) is 0 Å². The molecule has 76 valence electrons. The average molecular weight is 184 g/mol. The second-order valence-corrected chi connectivity index (χ2v) is 3.96. The van der Waals surface area contributed by atoms with Crippen LogP contribution in [0.2, 0.25) is 0 Å². The van der Waals surface area contributed by atoms with Crippen LogP contribution in [0.1, 0.15) is 41.5 Å². The van der Waals surface area contributed by atoms with Crippen molar-refractivity contribution in [3.05, 3.63) is 11.1 Å². The van der Waals surface area contributed by atoms with Crippen LogP contribution in [0, 0.1) is 5.92 Å². The minimum Gasteiger partial charge on any atom is -0.458 e. The highest BCUT2D eigenvalue weighted by Crippen LogP contribution is 2.19. The summed E-state index contributed by atoms with van der Waals surface area (Å²) in [5.41, 5.74) is 2.38. The summed E-state index contributed by atoms with van der Waals surface area (Å²) in [5, 5.41) is 0. The van der Waals surface area contributed by atoms with Gasteiger partial charge in [-0.1, -0.05) is 19.4 Å². The van der Waals surface area contributed by atoms with E-state index in [1.807, 2.05) is 20.8 Å². The van der Waals surface area contributed by atoms with Crippen LogP contribution < -0.4 is 0 Å². The van der Waals surface area contributed by atoms with Crippen molar-refractivity contribution in [1.29, 1.82) is 0 Å². The Labute approximate surface area is 81.0 Å². The molecule has 0 unspecified atom stereocenters. The van der Waals surface area contributed by atoms with Gasteiger partial charge >= 0.3 is 5.97 Å². The maximum atomic E-state index is 10.8. The summed E-state index contributed by atoms with van der Waals surface area (Å²) in [6.45, 7) is 11.7. The van der Waals surface area contributed by atoms with Gasteiger partial charge < -0.3 is 4.74 Å². The normalized spacial score (nSPS) is 12.5. The van der Waals surface area contributed by atoms with Crippen LogP contribution in [0.5, 0.6) is 0 Å². The lowest BCUT2D eigenvalue weighted by Gasteiger charge is -2.22. The maximum absolute atomic E-state index is 10.8. The summed E-state index contributed by atoms with van der Waals surface area (Å²) < 4.78 is 5.24. The molecule has 0 aromatic carbocycles. The maximum Gasteiger partial charge on any atom is 0.303 e. The first kappa shape index (κ1) is 12.2. The highest BCUT2D eigenvalue weighted by atomic mass is 16.5. The Kier molecular flexibility index (Phi) is 4.74. The van der Waals surface area contributed by atoms with Crippen LogP contribution in [0.4, 0.5) is 0 Å². The van der Waals surface area contributed by atoms with Crippen LogP contribution >= 0.6 is 0 Å². The topological polar surface area (TPSA) is 26.3 Å². The van der Waals surface area contributed by atoms with Gasteiger partial charge in [-0.05, 0) is 32.3 Å². The zero-order valence-electron chi connectivity index (χ0n) is 9.47. The first-order chi connectivity index (χ1) is 5.86. The third kappa shape index (κ3) is 4.11. The molecule has 0 amide bonds. The molecule has 0 N–H and O–H groups in total. The fraction of sp³-hybridized carbons (Fsp3) is 0.727. The number of carbonyl (C=O) groups excluding carboxylic acids is 1. The number of ether oxygens (including phenoxy) is 1. The standard InChI is InChI=1S/C11H20O2/c1-7(2)9(5)11(8(3)4)13-10(6)12/h8,11H,1-6H3/t11-/m0/s1. The van der Waals surface area contributed by atoms with Crippen molar-refractivity contribution in [2.75, 3.05) is 0 Å². The molecular formula is C11H20O2. The molecule has 0 aliphatic rings. The minimum atomic E-state index is -0.209. The monoisotopic (exact) mass is 184 g/mol. The summed E-state index contributed by atoms with van der Waals surface area (Å²) in [5.74, 6) is 0.123. The quantitative estimate of drug-likeness (QED) is 0.498. The number of hydrogen-bond donors (Lipinski definition) is 0. The van der Waals surface area contributed by atoms with E-state index in [1.165, 1.54) is 12.5 Å². The lowest BCUT2D eigenvalue weighted by Crippen LogP contribution is -2.24. The average Bonchev–Trinajstić information content (AvgIpc) is 1.97. The molecule has 0 spiro atoms. The molecule has 2 nitrogen and oxygen atoms in total. The molecule has 0 rings (SSSR count). The molecule has 0 aromatic heterocycles. The van der Waals surface area contributed by atoms with Gasteiger partial charge in [0.2, 0.25) is 0 Å². The summed E-state index contributed by atoms with van der Waals surface area (Å²) >= 11 is 0. The Morgan fingerprint density at radius 1 is 1.08 bits per heavy atom. The van der Waals surface area contributed by atoms with E-state index in [1.54, 1.807) is 0 Å². The molecule has 0 saturated heterocycles. The summed E-state index contributed by atoms with van der Waals surface area (Å²) in [6.07, 6.45) is -0.0671. The predicted molar refractivity (Wildman–Crippen MR) is 54.4 cm³/mol. The van der Waals surface area contributed by atoms with Crippen molar-refractivity contribution in [1.82, 2.24) is 0 Å². The molecule has 0 aromatic rings. The number of hydrogen-bond acceptors (Lipinski definition) is 2. The Balaban J connectivity index is 4.62. The van der Waals surface area contributed by atoms with Crippen LogP contribution in [-0.2, 0) is 9.53 Å². The molecule has 0 fully saturated rings. The third-order valence-corrected chi connectivity index (χ3v) is 2.11. The van der Waals surface area contributed by atoms with E-state index in [4.69, 9.17) is 4.74 Å². The van der Waals surface area contributed by atoms with Gasteiger partial charge in [0.15, 0.2) is 0 Å². The van der Waals surface area contributed by atoms with Crippen molar-refractivity contribution < 1.29 is 9.53 Å². The van der Waals surface area contributed by atoms with E-state index in [0.29, 0.717) is 5.92 Å². The minimum absolute atomic E-state index is 0.0671. The highest BCUT2D eigenvalue weighted by Gasteiger charge is 2.18. The number of allylic oxidation sites excluding steroid dienone is 1. The van der Waals surface area contributed by atoms with Gasteiger partial charge in [-0.3, -0.25) is 4.79 Å². The number of carbonyl (C=O) groups is 1. The van der Waals surface area contributed by atoms with Crippen molar-refractivity contribution in [2.24, 2.45) is 5.92 Å².